The molecule has 3 aromatic rings. The normalized spacial score (nSPS) is 29.8. The van der Waals surface area contributed by atoms with E-state index in [1.807, 2.05) is 19.9 Å². The molecule has 0 aromatic heterocycles. The first-order valence-corrected chi connectivity index (χ1v) is 19.1. The lowest BCUT2D eigenvalue weighted by Gasteiger charge is -2.58. The Morgan fingerprint density at radius 3 is 2.67 bits per heavy atom. The Hall–Kier alpha value is -4.81. The topological polar surface area (TPSA) is 164 Å². The number of nitriles is 1. The zero-order chi connectivity index (χ0) is 37.7. The quantitative estimate of drug-likeness (QED) is 0.216. The molecule has 7 atom stereocenters. The number of fused-ring (bicyclic) bond motifs is 6. The maximum atomic E-state index is 14.8. The molecule has 0 radical (unpaired) electrons. The van der Waals surface area contributed by atoms with Crippen molar-refractivity contribution in [3.8, 4) is 46.3 Å². The van der Waals surface area contributed by atoms with Crippen LogP contribution in [0.1, 0.15) is 61.8 Å². The Bertz CT molecular complexity index is 2170. The monoisotopic (exact) mass is 754 g/mol. The minimum atomic E-state index is -1.31. The molecule has 4 N–H and O–H groups in total. The van der Waals surface area contributed by atoms with Gasteiger partial charge in [-0.15, -0.1) is 11.8 Å². The summed E-state index contributed by atoms with van der Waals surface area (Å²) in [6.07, 6.45) is 2.59. The number of thioether (sulfide) groups is 1. The Labute approximate surface area is 317 Å². The van der Waals surface area contributed by atoms with E-state index in [-0.39, 0.29) is 43.0 Å². The van der Waals surface area contributed by atoms with Gasteiger partial charge in [0.15, 0.2) is 40.0 Å². The fourth-order valence-electron chi connectivity index (χ4n) is 9.91. The van der Waals surface area contributed by atoms with Gasteiger partial charge in [-0.1, -0.05) is 18.7 Å². The number of piperazine rings is 1. The maximum Gasteiger partial charge on any atom is 0.331 e. The predicted molar refractivity (Wildman–Crippen MR) is 198 cm³/mol. The zero-order valence-corrected chi connectivity index (χ0v) is 31.4. The van der Waals surface area contributed by atoms with Crippen LogP contribution in [-0.2, 0) is 27.9 Å². The summed E-state index contributed by atoms with van der Waals surface area (Å²) in [4.78, 5) is 17.0. The largest absolute Gasteiger partial charge is 0.504 e. The lowest BCUT2D eigenvalue weighted by atomic mass is 9.76. The fraction of sp³-hybridized carbons (Fsp3) is 0.450. The minimum absolute atomic E-state index is 0.000124. The molecule has 0 aliphatic carbocycles. The van der Waals surface area contributed by atoms with Crippen LogP contribution in [0.4, 0.5) is 0 Å². The van der Waals surface area contributed by atoms with Crippen molar-refractivity contribution in [3.05, 3.63) is 75.4 Å². The number of rotatable bonds is 5. The molecule has 14 heteroatoms. The number of nitrogens with zero attached hydrogens (tertiary/aromatic N) is 2. The van der Waals surface area contributed by atoms with E-state index in [1.54, 1.807) is 37.1 Å². The molecule has 11 rings (SSSR count). The van der Waals surface area contributed by atoms with Crippen LogP contribution in [0.3, 0.4) is 0 Å². The highest BCUT2D eigenvalue weighted by Crippen LogP contribution is 2.64. The second kappa shape index (κ2) is 12.6. The summed E-state index contributed by atoms with van der Waals surface area (Å²) in [5.41, 5.74) is 3.78. The lowest BCUT2D eigenvalue weighted by molar-refractivity contribution is -0.156. The number of hydrogen-bond acceptors (Lipinski definition) is 14. The van der Waals surface area contributed by atoms with Crippen molar-refractivity contribution < 1.29 is 43.4 Å². The van der Waals surface area contributed by atoms with Crippen LogP contribution in [-0.4, -0.2) is 85.7 Å². The number of ether oxygens (including phenoxy) is 6. The van der Waals surface area contributed by atoms with Gasteiger partial charge >= 0.3 is 5.97 Å². The van der Waals surface area contributed by atoms with Crippen LogP contribution in [0.15, 0.2) is 30.9 Å². The molecule has 2 fully saturated rings. The summed E-state index contributed by atoms with van der Waals surface area (Å²) in [6.45, 7) is 8.64. The van der Waals surface area contributed by atoms with Crippen molar-refractivity contribution in [1.82, 2.24) is 15.5 Å². The van der Waals surface area contributed by atoms with Crippen molar-refractivity contribution in [2.75, 3.05) is 53.1 Å². The van der Waals surface area contributed by atoms with Gasteiger partial charge in [-0.3, -0.25) is 10.2 Å². The second-order valence-corrected chi connectivity index (χ2v) is 15.9. The zero-order valence-electron chi connectivity index (χ0n) is 30.5. The van der Waals surface area contributed by atoms with Gasteiger partial charge in [0.2, 0.25) is 6.79 Å². The third-order valence-electron chi connectivity index (χ3n) is 12.1. The minimum Gasteiger partial charge on any atom is -0.504 e. The first-order chi connectivity index (χ1) is 26.1. The maximum absolute atomic E-state index is 14.8. The highest BCUT2D eigenvalue weighted by Gasteiger charge is 2.63. The van der Waals surface area contributed by atoms with Crippen molar-refractivity contribution in [2.45, 2.75) is 61.1 Å². The van der Waals surface area contributed by atoms with Crippen LogP contribution in [0.2, 0.25) is 0 Å². The number of esters is 1. The molecule has 13 nitrogen and oxygen atoms in total. The summed E-state index contributed by atoms with van der Waals surface area (Å²) < 4.78 is 36.7. The van der Waals surface area contributed by atoms with Crippen molar-refractivity contribution >= 4 is 17.7 Å². The van der Waals surface area contributed by atoms with Gasteiger partial charge in [0, 0.05) is 53.6 Å². The van der Waals surface area contributed by atoms with Crippen LogP contribution < -0.4 is 34.3 Å². The third-order valence-corrected chi connectivity index (χ3v) is 13.6. The Morgan fingerprint density at radius 2 is 1.91 bits per heavy atom. The van der Waals surface area contributed by atoms with Crippen LogP contribution in [0.5, 0.6) is 40.2 Å². The number of carbonyl (C=O) groups excluding carboxylic acids is 1. The molecular formula is C40H42N4O9S. The van der Waals surface area contributed by atoms with Gasteiger partial charge in [0.05, 0.1) is 37.6 Å². The van der Waals surface area contributed by atoms with Gasteiger partial charge in [0.25, 0.3) is 0 Å². The number of phenolic OH excluding ortho intramolecular Hbond substituents is 2. The van der Waals surface area contributed by atoms with Crippen LogP contribution in [0.25, 0.3) is 0 Å². The average molecular weight is 755 g/mol. The highest BCUT2D eigenvalue weighted by atomic mass is 32.2. The van der Waals surface area contributed by atoms with E-state index in [0.29, 0.717) is 60.1 Å². The molecule has 3 aromatic carbocycles. The predicted octanol–water partition coefficient (Wildman–Crippen LogP) is 4.29. The molecule has 2 unspecified atom stereocenters. The molecule has 2 saturated heterocycles. The average Bonchev–Trinajstić information content (AvgIpc) is 3.56. The van der Waals surface area contributed by atoms with Gasteiger partial charge in [-0.2, -0.15) is 5.26 Å². The lowest BCUT2D eigenvalue weighted by Crippen LogP contribution is -2.69. The van der Waals surface area contributed by atoms with Crippen LogP contribution in [0, 0.1) is 25.2 Å². The number of carbonyl (C=O) groups is 1. The Morgan fingerprint density at radius 1 is 1.09 bits per heavy atom. The number of aryl methyl sites for hydroxylation is 1. The summed E-state index contributed by atoms with van der Waals surface area (Å²) in [7, 11) is 3.03. The third kappa shape index (κ3) is 4.65. The van der Waals surface area contributed by atoms with Crippen molar-refractivity contribution in [2.24, 2.45) is 0 Å². The first kappa shape index (κ1) is 34.9. The fourth-order valence-corrected chi connectivity index (χ4v) is 11.6. The highest BCUT2D eigenvalue weighted by molar-refractivity contribution is 7.99. The molecule has 8 aliphatic heterocycles. The number of hydrogen-bond donors (Lipinski definition) is 4. The molecule has 0 amide bonds. The second-order valence-electron chi connectivity index (χ2n) is 14.8. The van der Waals surface area contributed by atoms with E-state index >= 15 is 0 Å². The van der Waals surface area contributed by atoms with E-state index in [0.717, 1.165) is 33.4 Å². The molecule has 0 saturated carbocycles. The molecule has 282 valence electrons. The summed E-state index contributed by atoms with van der Waals surface area (Å²) in [6, 6.07) is 6.51. The SMILES string of the molecule is C=CCOc1c(C)c2c(c3c1[C@H]1SC[C@]4(NCCc5cc(O)c(OC)cc54)C(=O)OC[C@@H]3N3C1[C@@H]1NC[C@@]3(C#N)Cc3cc(C)c(OC)c(O)c31)OCO2. The van der Waals surface area contributed by atoms with Crippen molar-refractivity contribution in [1.29, 1.82) is 5.26 Å². The van der Waals surface area contributed by atoms with Crippen molar-refractivity contribution in [3.63, 3.8) is 0 Å². The van der Waals surface area contributed by atoms with E-state index < -0.39 is 40.4 Å². The smallest absolute Gasteiger partial charge is 0.331 e. The van der Waals surface area contributed by atoms with Crippen LogP contribution >= 0.6 is 11.8 Å². The Kier molecular flexibility index (Phi) is 8.17. The summed E-state index contributed by atoms with van der Waals surface area (Å²) in [5, 5.41) is 40.9. The number of phenols is 2. The number of methoxy groups -OCH3 is 2. The summed E-state index contributed by atoms with van der Waals surface area (Å²) in [5.74, 6) is 2.16. The first-order valence-electron chi connectivity index (χ1n) is 18.1. The van der Waals surface area contributed by atoms with E-state index in [9.17, 15) is 20.3 Å². The molecule has 1 spiro atoms. The van der Waals surface area contributed by atoms with Gasteiger partial charge < -0.3 is 44.0 Å². The van der Waals surface area contributed by atoms with E-state index in [2.05, 4.69) is 28.2 Å². The molecular weight excluding hydrogens is 713 g/mol. The van der Waals surface area contributed by atoms with E-state index in [1.165, 1.54) is 7.11 Å². The molecule has 4 bridgehead atoms. The summed E-state index contributed by atoms with van der Waals surface area (Å²) >= 11 is 1.56. The standard InChI is InChI=1S/C40H42N4O9S/c1-6-9-50-34-20(3)35-36(53-18-52-35)28-24-14-51-38(47)40(23-12-26(48-4)25(45)11-21(23)7-8-43-40)17-54-37(29(28)34)31-30-27-22(10-19(2)33(49-5)32(27)46)13-39(15-41,16-42-30)44(24)31/h6,10-12,24,30-31,37,42-43,45-46H,1,7-9,13-14,16-18H2,2-5H3/t24-,30+,31?,37+,39-,40+/m0/s1. The Balaban J connectivity index is 1.33. The van der Waals surface area contributed by atoms with Gasteiger partial charge in [-0.25, -0.2) is 4.79 Å². The van der Waals surface area contributed by atoms with Gasteiger partial charge in [-0.05, 0) is 54.7 Å². The molecule has 8 aliphatic rings. The molecule has 54 heavy (non-hydrogen) atoms. The molecule has 8 heterocycles. The number of nitrogens with one attached hydrogen (secondary N) is 2. The van der Waals surface area contributed by atoms with E-state index in [4.69, 9.17) is 28.4 Å². The number of aromatic hydroxyl groups is 2. The van der Waals surface area contributed by atoms with Gasteiger partial charge in [0.1, 0.15) is 24.5 Å². The number of benzene rings is 3.